The monoisotopic (exact) mass is 342 g/mol. The lowest BCUT2D eigenvalue weighted by Gasteiger charge is -2.12. The molecule has 0 bridgehead atoms. The third-order valence-corrected chi connectivity index (χ3v) is 5.32. The Balaban J connectivity index is 1.93. The maximum absolute atomic E-state index is 12.2. The molecule has 0 spiro atoms. The Morgan fingerprint density at radius 1 is 1.25 bits per heavy atom. The second-order valence-corrected chi connectivity index (χ2v) is 7.57. The van der Waals surface area contributed by atoms with Gasteiger partial charge in [0.25, 0.3) is 0 Å². The summed E-state index contributed by atoms with van der Waals surface area (Å²) in [5.41, 5.74) is 9.66. The number of thioether (sulfide) groups is 1. The van der Waals surface area contributed by atoms with Gasteiger partial charge in [-0.15, -0.1) is 11.8 Å². The zero-order chi connectivity index (χ0) is 17.5. The lowest BCUT2D eigenvalue weighted by atomic mass is 10.1. The van der Waals surface area contributed by atoms with Gasteiger partial charge in [0.2, 0.25) is 5.91 Å². The van der Waals surface area contributed by atoms with Gasteiger partial charge in [0.1, 0.15) is 0 Å². The van der Waals surface area contributed by atoms with Crippen LogP contribution < -0.4 is 11.1 Å². The minimum atomic E-state index is 0.0173. The van der Waals surface area contributed by atoms with Crippen molar-refractivity contribution in [3.05, 3.63) is 53.6 Å². The summed E-state index contributed by atoms with van der Waals surface area (Å²) in [5.74, 6) is 0.0173. The van der Waals surface area contributed by atoms with Crippen molar-refractivity contribution < 1.29 is 4.79 Å². The summed E-state index contributed by atoms with van der Waals surface area (Å²) < 4.78 is 0. The van der Waals surface area contributed by atoms with Crippen LogP contribution in [-0.2, 0) is 11.2 Å². The first kappa shape index (κ1) is 18.4. The highest BCUT2D eigenvalue weighted by atomic mass is 32.2. The van der Waals surface area contributed by atoms with Gasteiger partial charge in [0.15, 0.2) is 0 Å². The Kier molecular flexibility index (Phi) is 6.73. The van der Waals surface area contributed by atoms with Crippen LogP contribution in [0.3, 0.4) is 0 Å². The molecule has 1 atom stereocenters. The van der Waals surface area contributed by atoms with Gasteiger partial charge in [0, 0.05) is 27.9 Å². The Morgan fingerprint density at radius 3 is 2.67 bits per heavy atom. The number of nitrogens with one attached hydrogen (secondary N) is 1. The van der Waals surface area contributed by atoms with Crippen molar-refractivity contribution in [2.45, 2.75) is 50.2 Å². The predicted molar refractivity (Wildman–Crippen MR) is 105 cm³/mol. The Labute approximate surface area is 149 Å². The van der Waals surface area contributed by atoms with Crippen LogP contribution in [0.15, 0.2) is 47.4 Å². The number of carbonyl (C=O) groups is 1. The molecule has 2 aromatic rings. The van der Waals surface area contributed by atoms with E-state index >= 15 is 0 Å². The quantitative estimate of drug-likeness (QED) is 0.547. The van der Waals surface area contributed by atoms with E-state index in [0.717, 1.165) is 28.9 Å². The van der Waals surface area contributed by atoms with Crippen molar-refractivity contribution in [2.24, 2.45) is 0 Å². The fourth-order valence-corrected chi connectivity index (χ4v) is 3.41. The number of para-hydroxylation sites is 1. The van der Waals surface area contributed by atoms with Crippen molar-refractivity contribution >= 4 is 29.0 Å². The van der Waals surface area contributed by atoms with Crippen LogP contribution in [0.25, 0.3) is 0 Å². The van der Waals surface area contributed by atoms with E-state index in [4.69, 9.17) is 5.73 Å². The van der Waals surface area contributed by atoms with Crippen molar-refractivity contribution in [1.82, 2.24) is 0 Å². The minimum Gasteiger partial charge on any atom is -0.399 e. The van der Waals surface area contributed by atoms with Gasteiger partial charge >= 0.3 is 0 Å². The summed E-state index contributed by atoms with van der Waals surface area (Å²) in [5, 5.41) is 3.60. The number of nitrogens with two attached hydrogens (primary N) is 1. The van der Waals surface area contributed by atoms with E-state index in [1.165, 1.54) is 4.90 Å². The van der Waals surface area contributed by atoms with E-state index in [0.29, 0.717) is 18.1 Å². The minimum absolute atomic E-state index is 0.0173. The summed E-state index contributed by atoms with van der Waals surface area (Å²) >= 11 is 1.87. The van der Waals surface area contributed by atoms with Crippen molar-refractivity contribution in [3.8, 4) is 0 Å². The SMILES string of the molecule is CCC(C)Sc1ccc(NC(=O)CCc2ccccc2N)c(C)c1. The molecule has 0 saturated carbocycles. The van der Waals surface area contributed by atoms with E-state index in [2.05, 4.69) is 31.3 Å². The summed E-state index contributed by atoms with van der Waals surface area (Å²) in [4.78, 5) is 13.4. The van der Waals surface area contributed by atoms with Crippen molar-refractivity contribution in [1.29, 1.82) is 0 Å². The number of rotatable bonds is 7. The van der Waals surface area contributed by atoms with E-state index in [1.807, 2.05) is 49.0 Å². The molecule has 0 aliphatic heterocycles. The van der Waals surface area contributed by atoms with Gasteiger partial charge in [-0.05, 0) is 55.2 Å². The molecule has 0 fully saturated rings. The van der Waals surface area contributed by atoms with Gasteiger partial charge in [0.05, 0.1) is 0 Å². The number of aryl methyl sites for hydroxylation is 2. The van der Waals surface area contributed by atoms with Gasteiger partial charge in [-0.25, -0.2) is 0 Å². The number of anilines is 2. The first-order chi connectivity index (χ1) is 11.5. The molecule has 24 heavy (non-hydrogen) atoms. The highest BCUT2D eigenvalue weighted by Crippen LogP contribution is 2.28. The second-order valence-electron chi connectivity index (χ2n) is 6.06. The third kappa shape index (κ3) is 5.31. The molecule has 0 saturated heterocycles. The number of hydrogen-bond acceptors (Lipinski definition) is 3. The van der Waals surface area contributed by atoms with Gasteiger partial charge in [-0.1, -0.05) is 32.0 Å². The molecule has 4 heteroatoms. The van der Waals surface area contributed by atoms with Crippen LogP contribution in [0, 0.1) is 6.92 Å². The lowest BCUT2D eigenvalue weighted by Crippen LogP contribution is -2.13. The summed E-state index contributed by atoms with van der Waals surface area (Å²) in [7, 11) is 0. The standard InChI is InChI=1S/C20H26N2OS/c1-4-15(3)24-17-10-11-19(14(2)13-17)22-20(23)12-9-16-7-5-6-8-18(16)21/h5-8,10-11,13,15H,4,9,12,21H2,1-3H3,(H,22,23). The number of amides is 1. The van der Waals surface area contributed by atoms with Crippen LogP contribution in [0.4, 0.5) is 11.4 Å². The van der Waals surface area contributed by atoms with E-state index in [1.54, 1.807) is 0 Å². The average molecular weight is 343 g/mol. The maximum Gasteiger partial charge on any atom is 0.224 e. The normalized spacial score (nSPS) is 12.0. The Morgan fingerprint density at radius 2 is 2.00 bits per heavy atom. The molecule has 3 N–H and O–H groups in total. The first-order valence-corrected chi connectivity index (χ1v) is 9.28. The molecule has 1 amide bonds. The predicted octanol–water partition coefficient (Wildman–Crippen LogP) is 5.04. The fraction of sp³-hybridized carbons (Fsp3) is 0.350. The first-order valence-electron chi connectivity index (χ1n) is 8.40. The fourth-order valence-electron chi connectivity index (χ4n) is 2.39. The summed E-state index contributed by atoms with van der Waals surface area (Å²) in [6, 6.07) is 13.9. The molecule has 1 unspecified atom stereocenters. The molecule has 0 radical (unpaired) electrons. The van der Waals surface area contributed by atoms with Crippen molar-refractivity contribution in [2.75, 3.05) is 11.1 Å². The zero-order valence-electron chi connectivity index (χ0n) is 14.6. The van der Waals surface area contributed by atoms with Gasteiger partial charge in [-0.3, -0.25) is 4.79 Å². The van der Waals surface area contributed by atoms with Crippen molar-refractivity contribution in [3.63, 3.8) is 0 Å². The maximum atomic E-state index is 12.2. The molecule has 2 rings (SSSR count). The van der Waals surface area contributed by atoms with Gasteiger partial charge < -0.3 is 11.1 Å². The molecule has 0 aliphatic rings. The molecular formula is C20H26N2OS. The third-order valence-electron chi connectivity index (χ3n) is 4.06. The van der Waals surface area contributed by atoms with Crippen LogP contribution >= 0.6 is 11.8 Å². The Bertz CT molecular complexity index is 700. The zero-order valence-corrected chi connectivity index (χ0v) is 15.5. The summed E-state index contributed by atoms with van der Waals surface area (Å²) in [6.45, 7) is 6.45. The van der Waals surface area contributed by atoms with Crippen LogP contribution in [0.1, 0.15) is 37.8 Å². The molecule has 0 aliphatic carbocycles. The average Bonchev–Trinajstić information content (AvgIpc) is 2.56. The number of hydrogen-bond donors (Lipinski definition) is 2. The number of nitrogen functional groups attached to an aromatic ring is 1. The lowest BCUT2D eigenvalue weighted by molar-refractivity contribution is -0.116. The molecular weight excluding hydrogens is 316 g/mol. The smallest absolute Gasteiger partial charge is 0.224 e. The number of benzene rings is 2. The van der Waals surface area contributed by atoms with E-state index in [9.17, 15) is 4.79 Å². The van der Waals surface area contributed by atoms with Crippen LogP contribution in [0.2, 0.25) is 0 Å². The van der Waals surface area contributed by atoms with Gasteiger partial charge in [-0.2, -0.15) is 0 Å². The largest absolute Gasteiger partial charge is 0.399 e. The Hall–Kier alpha value is -1.94. The van der Waals surface area contributed by atoms with Crippen LogP contribution in [0.5, 0.6) is 0 Å². The van der Waals surface area contributed by atoms with E-state index < -0.39 is 0 Å². The molecule has 2 aromatic carbocycles. The topological polar surface area (TPSA) is 55.1 Å². The molecule has 3 nitrogen and oxygen atoms in total. The number of carbonyl (C=O) groups excluding carboxylic acids is 1. The highest BCUT2D eigenvalue weighted by molar-refractivity contribution is 7.99. The molecule has 128 valence electrons. The molecule has 0 aromatic heterocycles. The second kappa shape index (κ2) is 8.78. The van der Waals surface area contributed by atoms with Crippen LogP contribution in [-0.4, -0.2) is 11.2 Å². The highest BCUT2D eigenvalue weighted by Gasteiger charge is 2.08. The van der Waals surface area contributed by atoms with E-state index in [-0.39, 0.29) is 5.91 Å². The molecule has 0 heterocycles. The summed E-state index contributed by atoms with van der Waals surface area (Å²) in [6.07, 6.45) is 2.22.